The Morgan fingerprint density at radius 3 is 2.32 bits per heavy atom. The Balaban J connectivity index is 1.84. The van der Waals surface area contributed by atoms with Gasteiger partial charge in [0.15, 0.2) is 5.78 Å². The molecule has 0 bridgehead atoms. The van der Waals surface area contributed by atoms with E-state index < -0.39 is 5.97 Å². The third-order valence-corrected chi connectivity index (χ3v) is 4.68. The van der Waals surface area contributed by atoms with Crippen LogP contribution in [-0.2, 0) is 5.41 Å². The number of ketones is 1. The molecule has 0 atom stereocenters. The van der Waals surface area contributed by atoms with Crippen molar-refractivity contribution in [2.45, 2.75) is 32.1 Å². The number of amides is 1. The second kappa shape index (κ2) is 6.16. The van der Waals surface area contributed by atoms with Gasteiger partial charge in [0.2, 0.25) is 0 Å². The number of hydrogen-bond donors (Lipinski definition) is 2. The molecule has 1 aliphatic rings. The molecule has 0 aliphatic heterocycles. The van der Waals surface area contributed by atoms with E-state index in [0.29, 0.717) is 23.2 Å². The van der Waals surface area contributed by atoms with Gasteiger partial charge in [-0.15, -0.1) is 0 Å². The lowest BCUT2D eigenvalue weighted by atomic mass is 9.72. The van der Waals surface area contributed by atoms with Crippen molar-refractivity contribution in [1.82, 2.24) is 0 Å². The summed E-state index contributed by atoms with van der Waals surface area (Å²) >= 11 is 0. The molecular formula is C20H19NO4. The van der Waals surface area contributed by atoms with Crippen LogP contribution in [-0.4, -0.2) is 22.8 Å². The highest BCUT2D eigenvalue weighted by atomic mass is 16.4. The van der Waals surface area contributed by atoms with Crippen LogP contribution < -0.4 is 5.32 Å². The first kappa shape index (κ1) is 16.9. The number of Topliss-reactive ketones (excluding diaryl/α,β-unsaturated/α-hetero) is 1. The monoisotopic (exact) mass is 337 g/mol. The zero-order valence-corrected chi connectivity index (χ0v) is 14.1. The van der Waals surface area contributed by atoms with E-state index in [1.54, 1.807) is 12.1 Å². The number of anilines is 1. The Labute approximate surface area is 145 Å². The normalized spacial score (nSPS) is 15.4. The molecule has 2 aromatic carbocycles. The Morgan fingerprint density at radius 2 is 1.68 bits per heavy atom. The molecule has 1 amide bonds. The highest BCUT2D eigenvalue weighted by Gasteiger charge is 2.32. The van der Waals surface area contributed by atoms with E-state index in [1.165, 1.54) is 24.3 Å². The molecular weight excluding hydrogens is 318 g/mol. The maximum absolute atomic E-state index is 12.4. The predicted molar refractivity (Wildman–Crippen MR) is 94.4 cm³/mol. The summed E-state index contributed by atoms with van der Waals surface area (Å²) in [5, 5.41) is 11.6. The topological polar surface area (TPSA) is 83.5 Å². The molecule has 3 rings (SSSR count). The number of carbonyl (C=O) groups excluding carboxylic acids is 2. The molecule has 5 nitrogen and oxygen atoms in total. The molecule has 2 N–H and O–H groups in total. The first-order chi connectivity index (χ1) is 11.8. The standard InChI is InChI=1S/C20H19NO4/c1-20(2)10-9-17(22)15-11-13(5-8-16(15)20)18(23)21-14-6-3-12(4-7-14)19(24)25/h3-8,11H,9-10H2,1-2H3,(H,21,23)(H,24,25). The number of nitrogens with one attached hydrogen (secondary N) is 1. The van der Waals surface area contributed by atoms with E-state index in [0.717, 1.165) is 12.0 Å². The van der Waals surface area contributed by atoms with Crippen LogP contribution in [0, 0.1) is 0 Å². The minimum absolute atomic E-state index is 0.0646. The van der Waals surface area contributed by atoms with E-state index in [4.69, 9.17) is 5.11 Å². The number of carboxylic acid groups (broad SMARTS) is 1. The number of carbonyl (C=O) groups is 3. The largest absolute Gasteiger partial charge is 0.478 e. The van der Waals surface area contributed by atoms with Gasteiger partial charge < -0.3 is 10.4 Å². The maximum Gasteiger partial charge on any atom is 0.335 e. The molecule has 128 valence electrons. The van der Waals surface area contributed by atoms with Crippen LogP contribution in [0.4, 0.5) is 5.69 Å². The molecule has 5 heteroatoms. The number of carboxylic acids is 1. The third-order valence-electron chi connectivity index (χ3n) is 4.68. The number of fused-ring (bicyclic) bond motifs is 1. The van der Waals surface area contributed by atoms with Crippen LogP contribution in [0.5, 0.6) is 0 Å². The SMILES string of the molecule is CC1(C)CCC(=O)c2cc(C(=O)Nc3ccc(C(=O)O)cc3)ccc21. The van der Waals surface area contributed by atoms with Crippen LogP contribution in [0.3, 0.4) is 0 Å². The van der Waals surface area contributed by atoms with Crippen molar-refractivity contribution in [3.8, 4) is 0 Å². The number of rotatable bonds is 3. The van der Waals surface area contributed by atoms with E-state index >= 15 is 0 Å². The minimum Gasteiger partial charge on any atom is -0.478 e. The highest BCUT2D eigenvalue weighted by Crippen LogP contribution is 2.37. The fourth-order valence-electron chi connectivity index (χ4n) is 3.10. The van der Waals surface area contributed by atoms with Gasteiger partial charge in [0.25, 0.3) is 5.91 Å². The lowest BCUT2D eigenvalue weighted by Gasteiger charge is -2.31. The summed E-state index contributed by atoms with van der Waals surface area (Å²) in [7, 11) is 0. The number of aromatic carboxylic acids is 1. The summed E-state index contributed by atoms with van der Waals surface area (Å²) in [5.74, 6) is -1.29. The zero-order chi connectivity index (χ0) is 18.2. The lowest BCUT2D eigenvalue weighted by Crippen LogP contribution is -2.28. The second-order valence-electron chi connectivity index (χ2n) is 6.90. The van der Waals surface area contributed by atoms with Crippen LogP contribution in [0.2, 0.25) is 0 Å². The highest BCUT2D eigenvalue weighted by molar-refractivity contribution is 6.07. The summed E-state index contributed by atoms with van der Waals surface area (Å²) < 4.78 is 0. The number of hydrogen-bond acceptors (Lipinski definition) is 3. The molecule has 0 aromatic heterocycles. The summed E-state index contributed by atoms with van der Waals surface area (Å²) in [6.07, 6.45) is 1.29. The third kappa shape index (κ3) is 3.31. The Morgan fingerprint density at radius 1 is 1.04 bits per heavy atom. The van der Waals surface area contributed by atoms with Gasteiger partial charge in [0, 0.05) is 23.2 Å². The second-order valence-corrected chi connectivity index (χ2v) is 6.90. The van der Waals surface area contributed by atoms with Gasteiger partial charge in [-0.25, -0.2) is 4.79 Å². The molecule has 2 aromatic rings. The summed E-state index contributed by atoms with van der Waals surface area (Å²) in [6.45, 7) is 4.20. The summed E-state index contributed by atoms with van der Waals surface area (Å²) in [4.78, 5) is 35.5. The van der Waals surface area contributed by atoms with Crippen molar-refractivity contribution in [3.05, 3.63) is 64.7 Å². The van der Waals surface area contributed by atoms with Crippen LogP contribution in [0.25, 0.3) is 0 Å². The van der Waals surface area contributed by atoms with Gasteiger partial charge in [-0.1, -0.05) is 19.9 Å². The van der Waals surface area contributed by atoms with Gasteiger partial charge in [0.1, 0.15) is 0 Å². The maximum atomic E-state index is 12.4. The zero-order valence-electron chi connectivity index (χ0n) is 14.1. The Hall–Kier alpha value is -2.95. The molecule has 0 heterocycles. The first-order valence-electron chi connectivity index (χ1n) is 8.10. The molecule has 0 radical (unpaired) electrons. The van der Waals surface area contributed by atoms with E-state index in [9.17, 15) is 14.4 Å². The number of benzene rings is 2. The summed E-state index contributed by atoms with van der Waals surface area (Å²) in [6, 6.07) is 11.2. The molecule has 1 aliphatic carbocycles. The Kier molecular flexibility index (Phi) is 4.17. The lowest BCUT2D eigenvalue weighted by molar-refractivity contribution is 0.0696. The van der Waals surface area contributed by atoms with Crippen LogP contribution >= 0.6 is 0 Å². The Bertz CT molecular complexity index is 866. The van der Waals surface area contributed by atoms with E-state index in [2.05, 4.69) is 19.2 Å². The van der Waals surface area contributed by atoms with Crippen molar-refractivity contribution in [2.75, 3.05) is 5.32 Å². The smallest absolute Gasteiger partial charge is 0.335 e. The predicted octanol–water partition coefficient (Wildman–Crippen LogP) is 3.89. The quantitative estimate of drug-likeness (QED) is 0.890. The van der Waals surface area contributed by atoms with Crippen LogP contribution in [0.15, 0.2) is 42.5 Å². The molecule has 0 saturated carbocycles. The molecule has 0 unspecified atom stereocenters. The van der Waals surface area contributed by atoms with Crippen molar-refractivity contribution < 1.29 is 19.5 Å². The van der Waals surface area contributed by atoms with Crippen molar-refractivity contribution in [3.63, 3.8) is 0 Å². The molecule has 25 heavy (non-hydrogen) atoms. The molecule has 0 spiro atoms. The van der Waals surface area contributed by atoms with Gasteiger partial charge in [-0.05, 0) is 53.8 Å². The van der Waals surface area contributed by atoms with Crippen molar-refractivity contribution >= 4 is 23.3 Å². The van der Waals surface area contributed by atoms with Gasteiger partial charge in [-0.3, -0.25) is 9.59 Å². The fourth-order valence-corrected chi connectivity index (χ4v) is 3.10. The van der Waals surface area contributed by atoms with Crippen LogP contribution in [0.1, 0.15) is 63.3 Å². The molecule has 0 fully saturated rings. The van der Waals surface area contributed by atoms with Crippen molar-refractivity contribution in [2.24, 2.45) is 0 Å². The van der Waals surface area contributed by atoms with E-state index in [1.807, 2.05) is 6.07 Å². The minimum atomic E-state index is -1.02. The average molecular weight is 337 g/mol. The van der Waals surface area contributed by atoms with Gasteiger partial charge in [-0.2, -0.15) is 0 Å². The van der Waals surface area contributed by atoms with E-state index in [-0.39, 0.29) is 22.7 Å². The van der Waals surface area contributed by atoms with Gasteiger partial charge in [0.05, 0.1) is 5.56 Å². The fraction of sp³-hybridized carbons (Fsp3) is 0.250. The molecule has 0 saturated heterocycles. The summed E-state index contributed by atoms with van der Waals surface area (Å²) in [5.41, 5.74) is 2.58. The average Bonchev–Trinajstić information content (AvgIpc) is 2.58. The van der Waals surface area contributed by atoms with Crippen molar-refractivity contribution in [1.29, 1.82) is 0 Å². The first-order valence-corrected chi connectivity index (χ1v) is 8.10. The van der Waals surface area contributed by atoms with Gasteiger partial charge >= 0.3 is 5.97 Å².